The molecule has 2 heterocycles. The van der Waals surface area contributed by atoms with E-state index in [1.54, 1.807) is 18.2 Å². The number of carbonyl (C=O) groups excluding carboxylic acids is 3. The molecule has 0 spiro atoms. The Morgan fingerprint density at radius 3 is 2.77 bits per heavy atom. The van der Waals surface area contributed by atoms with Crippen molar-refractivity contribution >= 4 is 24.0 Å². The Labute approximate surface area is 172 Å². The summed E-state index contributed by atoms with van der Waals surface area (Å²) in [5, 5.41) is 2.51. The molecule has 3 rings (SSSR count). The van der Waals surface area contributed by atoms with Gasteiger partial charge in [0.2, 0.25) is 5.76 Å². The van der Waals surface area contributed by atoms with Crippen LogP contribution in [-0.2, 0) is 16.1 Å². The van der Waals surface area contributed by atoms with Crippen LogP contribution in [0, 0.1) is 12.3 Å². The molecule has 3 amide bonds. The maximum atomic E-state index is 12.7. The van der Waals surface area contributed by atoms with Crippen molar-refractivity contribution in [2.75, 3.05) is 20.8 Å². The summed E-state index contributed by atoms with van der Waals surface area (Å²) in [6.45, 7) is -0.151. The van der Waals surface area contributed by atoms with E-state index in [2.05, 4.69) is 16.0 Å². The fourth-order valence-electron chi connectivity index (χ4n) is 2.78. The SMILES string of the molecule is C#CCOc1c(/C=C2\NC(=O)N(Cc3ccc(C(=O)OC)o3)C2=O)cccc1OC. The summed E-state index contributed by atoms with van der Waals surface area (Å²) in [7, 11) is 2.70. The number of para-hydroxylation sites is 1. The van der Waals surface area contributed by atoms with E-state index in [-0.39, 0.29) is 30.4 Å². The van der Waals surface area contributed by atoms with Crippen molar-refractivity contribution < 1.29 is 33.0 Å². The van der Waals surface area contributed by atoms with Gasteiger partial charge in [-0.2, -0.15) is 0 Å². The zero-order valence-corrected chi connectivity index (χ0v) is 16.3. The number of hydrogen-bond acceptors (Lipinski definition) is 7. The predicted molar refractivity (Wildman–Crippen MR) is 104 cm³/mol. The first kappa shape index (κ1) is 20.5. The van der Waals surface area contributed by atoms with Gasteiger partial charge in [0.05, 0.1) is 20.8 Å². The van der Waals surface area contributed by atoms with Gasteiger partial charge in [-0.3, -0.25) is 9.69 Å². The number of urea groups is 1. The average molecular weight is 410 g/mol. The van der Waals surface area contributed by atoms with E-state index in [0.717, 1.165) is 4.90 Å². The van der Waals surface area contributed by atoms with Crippen molar-refractivity contribution in [3.05, 3.63) is 53.1 Å². The van der Waals surface area contributed by atoms with Gasteiger partial charge in [0.15, 0.2) is 11.5 Å². The summed E-state index contributed by atoms with van der Waals surface area (Å²) >= 11 is 0. The average Bonchev–Trinajstić information content (AvgIpc) is 3.32. The summed E-state index contributed by atoms with van der Waals surface area (Å²) in [6, 6.07) is 7.36. The van der Waals surface area contributed by atoms with E-state index >= 15 is 0 Å². The van der Waals surface area contributed by atoms with Gasteiger partial charge in [-0.15, -0.1) is 6.42 Å². The highest BCUT2D eigenvalue weighted by Gasteiger charge is 2.34. The predicted octanol–water partition coefficient (Wildman–Crippen LogP) is 2.18. The quantitative estimate of drug-likeness (QED) is 0.323. The Kier molecular flexibility index (Phi) is 6.08. The highest BCUT2D eigenvalue weighted by atomic mass is 16.5. The Morgan fingerprint density at radius 1 is 1.27 bits per heavy atom. The molecule has 1 aliphatic rings. The van der Waals surface area contributed by atoms with E-state index in [4.69, 9.17) is 20.3 Å². The fraction of sp³-hybridized carbons (Fsp3) is 0.190. The van der Waals surface area contributed by atoms with Crippen LogP contribution in [0.5, 0.6) is 11.5 Å². The van der Waals surface area contributed by atoms with Crippen LogP contribution in [0.4, 0.5) is 4.79 Å². The van der Waals surface area contributed by atoms with Crippen LogP contribution in [0.15, 0.2) is 40.4 Å². The first-order chi connectivity index (χ1) is 14.5. The van der Waals surface area contributed by atoms with Crippen molar-refractivity contribution in [1.82, 2.24) is 10.2 Å². The van der Waals surface area contributed by atoms with E-state index in [1.165, 1.54) is 32.4 Å². The second-order valence-corrected chi connectivity index (χ2v) is 6.01. The van der Waals surface area contributed by atoms with Gasteiger partial charge in [0.25, 0.3) is 5.91 Å². The molecule has 0 unspecified atom stereocenters. The van der Waals surface area contributed by atoms with Crippen LogP contribution in [0.2, 0.25) is 0 Å². The summed E-state index contributed by atoms with van der Waals surface area (Å²) in [4.78, 5) is 37.5. The second kappa shape index (κ2) is 8.87. The first-order valence-electron chi connectivity index (χ1n) is 8.73. The molecule has 1 saturated heterocycles. The third-order valence-electron chi connectivity index (χ3n) is 4.15. The number of ether oxygens (including phenoxy) is 3. The minimum Gasteiger partial charge on any atom is -0.493 e. The number of furan rings is 1. The van der Waals surface area contributed by atoms with Crippen LogP contribution in [0.1, 0.15) is 21.9 Å². The molecule has 0 radical (unpaired) electrons. The summed E-state index contributed by atoms with van der Waals surface area (Å²) in [5.41, 5.74) is 0.541. The molecule has 9 heteroatoms. The molecule has 1 aromatic carbocycles. The number of rotatable bonds is 7. The molecule has 2 aromatic rings. The lowest BCUT2D eigenvalue weighted by molar-refractivity contribution is -0.123. The van der Waals surface area contributed by atoms with E-state index in [0.29, 0.717) is 17.1 Å². The largest absolute Gasteiger partial charge is 0.493 e. The van der Waals surface area contributed by atoms with Crippen LogP contribution in [-0.4, -0.2) is 43.6 Å². The topological polar surface area (TPSA) is 107 Å². The standard InChI is InChI=1S/C21H18N2O7/c1-4-10-29-18-13(6-5-7-16(18)27-2)11-15-19(24)23(21(26)22-15)12-14-8-9-17(30-14)20(25)28-3/h1,5-9,11H,10,12H2,2-3H3,(H,22,26)/b15-11-. The molecule has 1 aromatic heterocycles. The van der Waals surface area contributed by atoms with Crippen LogP contribution < -0.4 is 14.8 Å². The molecule has 1 N–H and O–H groups in total. The first-order valence-corrected chi connectivity index (χ1v) is 8.73. The number of esters is 1. The van der Waals surface area contributed by atoms with E-state index < -0.39 is 17.9 Å². The van der Waals surface area contributed by atoms with Gasteiger partial charge < -0.3 is 23.9 Å². The number of carbonyl (C=O) groups is 3. The fourth-order valence-corrected chi connectivity index (χ4v) is 2.78. The third-order valence-corrected chi connectivity index (χ3v) is 4.15. The molecule has 0 bridgehead atoms. The van der Waals surface area contributed by atoms with Gasteiger partial charge in [0.1, 0.15) is 18.1 Å². The van der Waals surface area contributed by atoms with Gasteiger partial charge in [-0.25, -0.2) is 9.59 Å². The molecule has 30 heavy (non-hydrogen) atoms. The molecule has 0 saturated carbocycles. The zero-order chi connectivity index (χ0) is 21.7. The molecule has 0 atom stereocenters. The van der Waals surface area contributed by atoms with E-state index in [1.807, 2.05) is 0 Å². The lowest BCUT2D eigenvalue weighted by Gasteiger charge is -2.12. The number of methoxy groups -OCH3 is 2. The minimum atomic E-state index is -0.656. The van der Waals surface area contributed by atoms with Crippen molar-refractivity contribution in [3.63, 3.8) is 0 Å². The Bertz CT molecular complexity index is 1060. The maximum absolute atomic E-state index is 12.7. The van der Waals surface area contributed by atoms with Crippen molar-refractivity contribution in [2.24, 2.45) is 0 Å². The minimum absolute atomic E-state index is 0.00397. The summed E-state index contributed by atoms with van der Waals surface area (Å²) < 4.78 is 20.7. The monoisotopic (exact) mass is 410 g/mol. The molecule has 0 aliphatic carbocycles. The van der Waals surface area contributed by atoms with Crippen LogP contribution in [0.3, 0.4) is 0 Å². The second-order valence-electron chi connectivity index (χ2n) is 6.01. The van der Waals surface area contributed by atoms with Gasteiger partial charge >= 0.3 is 12.0 Å². The van der Waals surface area contributed by atoms with Gasteiger partial charge in [0, 0.05) is 5.56 Å². The molecule has 9 nitrogen and oxygen atoms in total. The maximum Gasteiger partial charge on any atom is 0.373 e. The number of benzene rings is 1. The normalized spacial score (nSPS) is 14.4. The third kappa shape index (κ3) is 4.12. The molecule has 1 fully saturated rings. The molecular formula is C21H18N2O7. The number of amides is 3. The van der Waals surface area contributed by atoms with Gasteiger partial charge in [-0.1, -0.05) is 18.1 Å². The number of hydrogen-bond donors (Lipinski definition) is 1. The van der Waals surface area contributed by atoms with Crippen molar-refractivity contribution in [3.8, 4) is 23.8 Å². The molecular weight excluding hydrogens is 392 g/mol. The van der Waals surface area contributed by atoms with Crippen molar-refractivity contribution in [2.45, 2.75) is 6.54 Å². The zero-order valence-electron chi connectivity index (χ0n) is 16.3. The van der Waals surface area contributed by atoms with Gasteiger partial charge in [-0.05, 0) is 24.3 Å². The van der Waals surface area contributed by atoms with Crippen LogP contribution in [0.25, 0.3) is 6.08 Å². The number of nitrogens with zero attached hydrogens (tertiary/aromatic N) is 1. The lowest BCUT2D eigenvalue weighted by Crippen LogP contribution is -2.30. The molecule has 154 valence electrons. The highest BCUT2D eigenvalue weighted by Crippen LogP contribution is 2.33. The van der Waals surface area contributed by atoms with Crippen molar-refractivity contribution in [1.29, 1.82) is 0 Å². The smallest absolute Gasteiger partial charge is 0.373 e. The Balaban J connectivity index is 1.84. The number of imide groups is 1. The number of nitrogens with one attached hydrogen (secondary N) is 1. The number of terminal acetylenes is 1. The molecule has 1 aliphatic heterocycles. The van der Waals surface area contributed by atoms with Crippen LogP contribution >= 0.6 is 0 Å². The Hall–Kier alpha value is -4.19. The summed E-state index contributed by atoms with van der Waals surface area (Å²) in [5.74, 6) is 2.14. The van der Waals surface area contributed by atoms with E-state index in [9.17, 15) is 14.4 Å². The highest BCUT2D eigenvalue weighted by molar-refractivity contribution is 6.14. The summed E-state index contributed by atoms with van der Waals surface area (Å²) in [6.07, 6.45) is 6.72. The Morgan fingerprint density at radius 2 is 2.07 bits per heavy atom. The lowest BCUT2D eigenvalue weighted by atomic mass is 10.1.